The first-order valence-corrected chi connectivity index (χ1v) is 5.62. The van der Waals surface area contributed by atoms with Crippen molar-refractivity contribution in [2.45, 2.75) is 30.5 Å². The van der Waals surface area contributed by atoms with Gasteiger partial charge in [0.1, 0.15) is 42.3 Å². The van der Waals surface area contributed by atoms with Gasteiger partial charge in [-0.1, -0.05) is 0 Å². The molecule has 4 N–H and O–H groups in total. The van der Waals surface area contributed by atoms with Crippen LogP contribution in [0.4, 0.5) is 0 Å². The summed E-state index contributed by atoms with van der Waals surface area (Å²) in [6.07, 6.45) is -5.21. The van der Waals surface area contributed by atoms with E-state index in [-0.39, 0.29) is 11.5 Å². The van der Waals surface area contributed by atoms with E-state index in [1.807, 2.05) is 6.07 Å². The lowest BCUT2D eigenvalue weighted by molar-refractivity contribution is -0.233. The molecule has 2 rings (SSSR count). The number of rotatable bonds is 2. The number of ether oxygens (including phenoxy) is 1. The van der Waals surface area contributed by atoms with E-state index in [1.165, 1.54) is 12.3 Å². The summed E-state index contributed by atoms with van der Waals surface area (Å²) in [5.41, 5.74) is 0.0851. The lowest BCUT2D eigenvalue weighted by Gasteiger charge is -2.39. The fourth-order valence-electron chi connectivity index (χ4n) is 1.89. The molecular formula is C11H13N3O5. The predicted octanol–water partition coefficient (Wildman–Crippen LogP) is -2.14. The summed E-state index contributed by atoms with van der Waals surface area (Å²) >= 11 is 0. The maximum Gasteiger partial charge on any atom is 0.161 e. The molecule has 5 atom stereocenters. The molecule has 102 valence electrons. The van der Waals surface area contributed by atoms with E-state index in [4.69, 9.17) is 15.1 Å². The molecule has 8 nitrogen and oxygen atoms in total. The number of aromatic nitrogens is 2. The Hall–Kier alpha value is -1.63. The third-order valence-electron chi connectivity index (χ3n) is 2.94. The van der Waals surface area contributed by atoms with Crippen molar-refractivity contribution >= 4 is 0 Å². The highest BCUT2D eigenvalue weighted by Gasteiger charge is 2.45. The van der Waals surface area contributed by atoms with Crippen LogP contribution in [0, 0.1) is 11.3 Å². The van der Waals surface area contributed by atoms with Gasteiger partial charge in [0.25, 0.3) is 0 Å². The first kappa shape index (κ1) is 13.8. The summed E-state index contributed by atoms with van der Waals surface area (Å²) < 4.78 is 5.27. The van der Waals surface area contributed by atoms with Crippen molar-refractivity contribution in [1.82, 2.24) is 9.97 Å². The van der Waals surface area contributed by atoms with Crippen LogP contribution in [-0.4, -0.2) is 61.4 Å². The van der Waals surface area contributed by atoms with Crippen molar-refractivity contribution in [2.24, 2.45) is 0 Å². The first-order chi connectivity index (χ1) is 9.08. The minimum absolute atomic E-state index is 0.0101. The van der Waals surface area contributed by atoms with Crippen LogP contribution in [0.5, 0.6) is 0 Å². The van der Waals surface area contributed by atoms with Crippen LogP contribution < -0.4 is 0 Å². The van der Waals surface area contributed by atoms with E-state index in [1.54, 1.807) is 0 Å². The lowest BCUT2D eigenvalue weighted by atomic mass is 9.95. The zero-order valence-electron chi connectivity index (χ0n) is 9.79. The maximum absolute atomic E-state index is 9.86. The Morgan fingerprint density at radius 3 is 2.63 bits per heavy atom. The molecule has 0 spiro atoms. The van der Waals surface area contributed by atoms with E-state index in [2.05, 4.69) is 9.97 Å². The summed E-state index contributed by atoms with van der Waals surface area (Å²) in [6, 6.07) is 3.20. The van der Waals surface area contributed by atoms with Crippen molar-refractivity contribution < 1.29 is 25.2 Å². The molecule has 0 saturated carbocycles. The minimum atomic E-state index is -1.50. The van der Waals surface area contributed by atoms with E-state index in [0.717, 1.165) is 0 Å². The molecule has 1 fully saturated rings. The Morgan fingerprint density at radius 2 is 2.00 bits per heavy atom. The van der Waals surface area contributed by atoms with Gasteiger partial charge in [-0.3, -0.25) is 0 Å². The molecule has 19 heavy (non-hydrogen) atoms. The zero-order valence-corrected chi connectivity index (χ0v) is 9.79. The Morgan fingerprint density at radius 1 is 1.26 bits per heavy atom. The van der Waals surface area contributed by atoms with Crippen molar-refractivity contribution in [2.75, 3.05) is 6.61 Å². The van der Waals surface area contributed by atoms with E-state index in [0.29, 0.717) is 0 Å². The highest BCUT2D eigenvalue weighted by molar-refractivity contribution is 5.19. The normalized spacial score (nSPS) is 34.8. The zero-order chi connectivity index (χ0) is 14.0. The Bertz CT molecular complexity index is 489. The van der Waals surface area contributed by atoms with Crippen LogP contribution in [0.15, 0.2) is 12.3 Å². The molecule has 0 radical (unpaired) electrons. The van der Waals surface area contributed by atoms with Crippen LogP contribution >= 0.6 is 0 Å². The fourth-order valence-corrected chi connectivity index (χ4v) is 1.89. The van der Waals surface area contributed by atoms with Gasteiger partial charge in [-0.05, 0) is 6.07 Å². The van der Waals surface area contributed by atoms with Gasteiger partial charge in [0, 0.05) is 6.20 Å². The average molecular weight is 267 g/mol. The number of aliphatic hydroxyl groups excluding tert-OH is 4. The van der Waals surface area contributed by atoms with Gasteiger partial charge in [-0.2, -0.15) is 5.26 Å². The molecule has 1 unspecified atom stereocenters. The number of nitriles is 1. The van der Waals surface area contributed by atoms with Gasteiger partial charge in [0.15, 0.2) is 5.82 Å². The van der Waals surface area contributed by atoms with Crippen molar-refractivity contribution in [3.63, 3.8) is 0 Å². The molecule has 0 aromatic carbocycles. The fraction of sp³-hybridized carbons (Fsp3) is 0.545. The SMILES string of the molecule is N#Cc1ccnc(C2O[C@H](CO)[C@@H](O)[C@H](O)[C@H]2O)n1. The van der Waals surface area contributed by atoms with Crippen LogP contribution in [0.2, 0.25) is 0 Å². The van der Waals surface area contributed by atoms with Crippen LogP contribution in [0.1, 0.15) is 17.6 Å². The van der Waals surface area contributed by atoms with Gasteiger partial charge in [-0.25, -0.2) is 9.97 Å². The standard InChI is InChI=1S/C11H13N3O5/c12-3-5-1-2-13-11(14-5)10-9(18)8(17)7(16)6(4-15)19-10/h1-2,6-10,15-18H,4H2/t6-,7-,8+,9-,10?/m1/s1. The second-order valence-electron chi connectivity index (χ2n) is 4.16. The van der Waals surface area contributed by atoms with Gasteiger partial charge in [0.05, 0.1) is 6.61 Å². The Labute approximate surface area is 108 Å². The quantitative estimate of drug-likeness (QED) is 0.476. The molecular weight excluding hydrogens is 254 g/mol. The third-order valence-corrected chi connectivity index (χ3v) is 2.94. The molecule has 1 aliphatic heterocycles. The smallest absolute Gasteiger partial charge is 0.161 e. The van der Waals surface area contributed by atoms with Gasteiger partial charge in [0.2, 0.25) is 0 Å². The summed E-state index contributed by atoms with van der Waals surface area (Å²) in [6.45, 7) is -0.528. The van der Waals surface area contributed by atoms with Crippen LogP contribution in [-0.2, 0) is 4.74 Å². The highest BCUT2D eigenvalue weighted by atomic mass is 16.5. The lowest BCUT2D eigenvalue weighted by Crippen LogP contribution is -2.55. The second kappa shape index (κ2) is 5.56. The molecule has 2 heterocycles. The van der Waals surface area contributed by atoms with Gasteiger partial charge < -0.3 is 25.2 Å². The Kier molecular flexibility index (Phi) is 4.04. The molecule has 0 bridgehead atoms. The van der Waals surface area contributed by atoms with Crippen molar-refractivity contribution in [3.8, 4) is 6.07 Å². The van der Waals surface area contributed by atoms with Crippen molar-refractivity contribution in [3.05, 3.63) is 23.8 Å². The Balaban J connectivity index is 2.30. The first-order valence-electron chi connectivity index (χ1n) is 5.62. The third kappa shape index (κ3) is 2.56. The molecule has 0 aliphatic carbocycles. The number of nitrogens with zero attached hydrogens (tertiary/aromatic N) is 3. The molecule has 1 aliphatic rings. The number of aliphatic hydroxyl groups is 4. The summed E-state index contributed by atoms with van der Waals surface area (Å²) in [4.78, 5) is 7.73. The predicted molar refractivity (Wildman–Crippen MR) is 59.5 cm³/mol. The topological polar surface area (TPSA) is 140 Å². The summed E-state index contributed by atoms with van der Waals surface area (Å²) in [5, 5.41) is 46.9. The number of hydrogen-bond acceptors (Lipinski definition) is 8. The maximum atomic E-state index is 9.86. The summed E-state index contributed by atoms with van der Waals surface area (Å²) in [7, 11) is 0. The van der Waals surface area contributed by atoms with Crippen LogP contribution in [0.3, 0.4) is 0 Å². The molecule has 1 saturated heterocycles. The molecule has 1 aromatic heterocycles. The molecule has 1 aromatic rings. The highest BCUT2D eigenvalue weighted by Crippen LogP contribution is 2.30. The van der Waals surface area contributed by atoms with E-state index < -0.39 is 37.1 Å². The molecule has 8 heteroatoms. The largest absolute Gasteiger partial charge is 0.394 e. The average Bonchev–Trinajstić information content (AvgIpc) is 2.45. The number of hydrogen-bond donors (Lipinski definition) is 4. The monoisotopic (exact) mass is 267 g/mol. The van der Waals surface area contributed by atoms with E-state index in [9.17, 15) is 15.3 Å². The molecule has 0 amide bonds. The van der Waals surface area contributed by atoms with Gasteiger partial charge >= 0.3 is 0 Å². The van der Waals surface area contributed by atoms with Crippen LogP contribution in [0.25, 0.3) is 0 Å². The minimum Gasteiger partial charge on any atom is -0.394 e. The summed E-state index contributed by atoms with van der Waals surface area (Å²) in [5.74, 6) is 0.0101. The second-order valence-corrected chi connectivity index (χ2v) is 4.16. The van der Waals surface area contributed by atoms with E-state index >= 15 is 0 Å². The van der Waals surface area contributed by atoms with Gasteiger partial charge in [-0.15, -0.1) is 0 Å². The van der Waals surface area contributed by atoms with Crippen molar-refractivity contribution in [1.29, 1.82) is 5.26 Å².